The van der Waals surface area contributed by atoms with Crippen LogP contribution in [0.3, 0.4) is 0 Å². The zero-order valence-corrected chi connectivity index (χ0v) is 10.8. The Morgan fingerprint density at radius 1 is 1.53 bits per heavy atom. The summed E-state index contributed by atoms with van der Waals surface area (Å²) < 4.78 is 11.0. The van der Waals surface area contributed by atoms with E-state index >= 15 is 0 Å². The van der Waals surface area contributed by atoms with E-state index in [0.29, 0.717) is 10.6 Å². The van der Waals surface area contributed by atoms with Gasteiger partial charge in [-0.15, -0.1) is 0 Å². The second-order valence-corrected chi connectivity index (χ2v) is 5.79. The highest BCUT2D eigenvalue weighted by Crippen LogP contribution is 2.39. The fourth-order valence-electron chi connectivity index (χ4n) is 1.44. The normalized spacial score (nSPS) is 13.2. The zero-order chi connectivity index (χ0) is 13.1. The number of benzene rings is 1. The third-order valence-electron chi connectivity index (χ3n) is 2.05. The van der Waals surface area contributed by atoms with Gasteiger partial charge in [-0.1, -0.05) is 23.7 Å². The average molecular weight is 278 g/mol. The van der Waals surface area contributed by atoms with Crippen LogP contribution in [0.25, 0.3) is 0 Å². The Morgan fingerprint density at radius 2 is 2.18 bits per heavy atom. The van der Waals surface area contributed by atoms with Crippen LogP contribution in [-0.2, 0) is 9.36 Å². The summed E-state index contributed by atoms with van der Waals surface area (Å²) in [5.74, 6) is -0.358. The van der Waals surface area contributed by atoms with E-state index in [1.807, 2.05) is 0 Å². The molecular formula is C10H13ClNO4P. The largest absolute Gasteiger partial charge is 0.349 e. The standard InChI is InChI=1S/C10H13ClNO4P/c1-7(13)12-10(6-17(14,15)16)8-3-2-4-9(11)5-8/h2-5,10H,6H2,1H3,(H,12,13)(H2,14,15,16). The SMILES string of the molecule is CC(=O)NC(CP(=O)(O)O)c1cccc(Cl)c1. The van der Waals surface area contributed by atoms with Gasteiger partial charge in [-0.3, -0.25) is 9.36 Å². The Morgan fingerprint density at radius 3 is 2.65 bits per heavy atom. The number of rotatable bonds is 4. The minimum Gasteiger partial charge on any atom is -0.349 e. The van der Waals surface area contributed by atoms with Crippen molar-refractivity contribution in [3.63, 3.8) is 0 Å². The molecule has 0 saturated carbocycles. The Balaban J connectivity index is 2.97. The molecule has 0 fully saturated rings. The highest BCUT2D eigenvalue weighted by Gasteiger charge is 2.23. The third-order valence-corrected chi connectivity index (χ3v) is 3.12. The number of carbonyl (C=O) groups is 1. The molecule has 0 aliphatic carbocycles. The van der Waals surface area contributed by atoms with Crippen molar-refractivity contribution in [3.05, 3.63) is 34.9 Å². The molecule has 1 aromatic rings. The first-order chi connectivity index (χ1) is 7.78. The van der Waals surface area contributed by atoms with Crippen molar-refractivity contribution in [3.8, 4) is 0 Å². The summed E-state index contributed by atoms with van der Waals surface area (Å²) in [5, 5.41) is 2.94. The van der Waals surface area contributed by atoms with E-state index < -0.39 is 19.8 Å². The Labute approximate surface area is 104 Å². The van der Waals surface area contributed by atoms with Crippen molar-refractivity contribution in [2.75, 3.05) is 6.16 Å². The number of hydrogen-bond acceptors (Lipinski definition) is 2. The van der Waals surface area contributed by atoms with Crippen molar-refractivity contribution in [1.82, 2.24) is 5.32 Å². The molecule has 1 unspecified atom stereocenters. The summed E-state index contributed by atoms with van der Waals surface area (Å²) in [6.07, 6.45) is -0.451. The maximum atomic E-state index is 11.0. The van der Waals surface area contributed by atoms with E-state index in [1.54, 1.807) is 24.3 Å². The maximum absolute atomic E-state index is 11.0. The second kappa shape index (κ2) is 5.65. The van der Waals surface area contributed by atoms with Gasteiger partial charge in [-0.25, -0.2) is 0 Å². The Hall–Kier alpha value is -0.870. The molecular weight excluding hydrogens is 265 g/mol. The van der Waals surface area contributed by atoms with Crippen LogP contribution in [-0.4, -0.2) is 21.9 Å². The van der Waals surface area contributed by atoms with Gasteiger partial charge < -0.3 is 15.1 Å². The van der Waals surface area contributed by atoms with E-state index in [2.05, 4.69) is 5.32 Å². The van der Waals surface area contributed by atoms with Crippen LogP contribution in [0, 0.1) is 0 Å². The minimum absolute atomic E-state index is 0.358. The second-order valence-electron chi connectivity index (χ2n) is 3.66. The molecule has 3 N–H and O–H groups in total. The van der Waals surface area contributed by atoms with E-state index in [0.717, 1.165) is 0 Å². The number of amides is 1. The van der Waals surface area contributed by atoms with Crippen LogP contribution in [0.1, 0.15) is 18.5 Å². The number of nitrogens with one attached hydrogen (secondary N) is 1. The molecule has 1 rings (SSSR count). The quantitative estimate of drug-likeness (QED) is 0.731. The van der Waals surface area contributed by atoms with Gasteiger partial charge in [0.2, 0.25) is 5.91 Å². The summed E-state index contributed by atoms with van der Waals surface area (Å²) in [4.78, 5) is 28.9. The lowest BCUT2D eigenvalue weighted by molar-refractivity contribution is -0.119. The Kier molecular flexibility index (Phi) is 4.71. The number of halogens is 1. The first-order valence-corrected chi connectivity index (χ1v) is 7.02. The highest BCUT2D eigenvalue weighted by atomic mass is 35.5. The molecule has 5 nitrogen and oxygen atoms in total. The molecule has 1 atom stereocenters. The fraction of sp³-hybridized carbons (Fsp3) is 0.300. The molecule has 0 heterocycles. The molecule has 0 bridgehead atoms. The third kappa shape index (κ3) is 5.33. The van der Waals surface area contributed by atoms with Crippen molar-refractivity contribution < 1.29 is 19.1 Å². The monoisotopic (exact) mass is 277 g/mol. The summed E-state index contributed by atoms with van der Waals surface area (Å²) >= 11 is 5.79. The van der Waals surface area contributed by atoms with Crippen LogP contribution in [0.2, 0.25) is 5.02 Å². The zero-order valence-electron chi connectivity index (χ0n) is 9.13. The first kappa shape index (κ1) is 14.2. The lowest BCUT2D eigenvalue weighted by Gasteiger charge is -2.19. The molecule has 1 aromatic carbocycles. The number of carbonyl (C=O) groups excluding carboxylic acids is 1. The fourth-order valence-corrected chi connectivity index (χ4v) is 2.42. The first-order valence-electron chi connectivity index (χ1n) is 4.85. The summed E-state index contributed by atoms with van der Waals surface area (Å²) in [5.41, 5.74) is 0.566. The average Bonchev–Trinajstić information content (AvgIpc) is 2.13. The maximum Gasteiger partial charge on any atom is 0.327 e. The summed E-state index contributed by atoms with van der Waals surface area (Å²) in [6, 6.07) is 5.78. The van der Waals surface area contributed by atoms with Crippen LogP contribution >= 0.6 is 19.2 Å². The van der Waals surface area contributed by atoms with Crippen LogP contribution in [0.5, 0.6) is 0 Å². The van der Waals surface area contributed by atoms with Gasteiger partial charge in [0.05, 0.1) is 12.2 Å². The molecule has 17 heavy (non-hydrogen) atoms. The topological polar surface area (TPSA) is 86.6 Å². The molecule has 0 spiro atoms. The van der Waals surface area contributed by atoms with Gasteiger partial charge in [-0.2, -0.15) is 0 Å². The number of hydrogen-bond donors (Lipinski definition) is 3. The van der Waals surface area contributed by atoms with Gasteiger partial charge in [0.1, 0.15) is 0 Å². The van der Waals surface area contributed by atoms with Gasteiger partial charge in [0.15, 0.2) is 0 Å². The predicted octanol–water partition coefficient (Wildman–Crippen LogP) is 1.69. The molecule has 1 amide bonds. The predicted molar refractivity (Wildman–Crippen MR) is 64.9 cm³/mol. The smallest absolute Gasteiger partial charge is 0.327 e. The molecule has 0 radical (unpaired) electrons. The van der Waals surface area contributed by atoms with Gasteiger partial charge in [-0.05, 0) is 17.7 Å². The van der Waals surface area contributed by atoms with Gasteiger partial charge in [0, 0.05) is 11.9 Å². The van der Waals surface area contributed by atoms with E-state index in [1.165, 1.54) is 6.92 Å². The van der Waals surface area contributed by atoms with Crippen molar-refractivity contribution in [1.29, 1.82) is 0 Å². The molecule has 0 aliphatic rings. The van der Waals surface area contributed by atoms with E-state index in [9.17, 15) is 9.36 Å². The summed E-state index contributed by atoms with van der Waals surface area (Å²) in [7, 11) is -4.22. The van der Waals surface area contributed by atoms with Gasteiger partial charge in [0.25, 0.3) is 0 Å². The van der Waals surface area contributed by atoms with Crippen molar-refractivity contribution in [2.45, 2.75) is 13.0 Å². The van der Waals surface area contributed by atoms with E-state index in [-0.39, 0.29) is 5.91 Å². The van der Waals surface area contributed by atoms with E-state index in [4.69, 9.17) is 21.4 Å². The lowest BCUT2D eigenvalue weighted by atomic mass is 10.1. The molecule has 0 aromatic heterocycles. The minimum atomic E-state index is -4.22. The summed E-state index contributed by atoms with van der Waals surface area (Å²) in [6.45, 7) is 1.29. The molecule has 0 saturated heterocycles. The lowest BCUT2D eigenvalue weighted by Crippen LogP contribution is -2.28. The molecule has 94 valence electrons. The van der Waals surface area contributed by atoms with Crippen LogP contribution < -0.4 is 5.32 Å². The van der Waals surface area contributed by atoms with Crippen LogP contribution in [0.15, 0.2) is 24.3 Å². The van der Waals surface area contributed by atoms with Gasteiger partial charge >= 0.3 is 7.60 Å². The van der Waals surface area contributed by atoms with Crippen molar-refractivity contribution in [2.24, 2.45) is 0 Å². The molecule has 7 heteroatoms. The highest BCUT2D eigenvalue weighted by molar-refractivity contribution is 7.51. The van der Waals surface area contributed by atoms with Crippen molar-refractivity contribution >= 4 is 25.1 Å². The van der Waals surface area contributed by atoms with Crippen LogP contribution in [0.4, 0.5) is 0 Å². The molecule has 0 aliphatic heterocycles. The Bertz CT molecular complexity index is 459.